The van der Waals surface area contributed by atoms with Gasteiger partial charge in [0.15, 0.2) is 17.5 Å². The molecule has 3 heterocycles. The maximum absolute atomic E-state index is 6.62. The SMILES string of the molecule is c1ccc(-c2nc3ccccc3c3c(-c4ccc(-c5ccc(-c6nc(-c7ccc8ccccc8c7)nc(-c7ccc8ccccc8c7)n6)cc5)cc4)c4c(cc23)oc2ccccc24)cc1. The number of para-hydroxylation sites is 2. The van der Waals surface area contributed by atoms with Gasteiger partial charge in [0.25, 0.3) is 0 Å². The van der Waals surface area contributed by atoms with Crippen molar-refractivity contribution in [2.24, 2.45) is 0 Å². The highest BCUT2D eigenvalue weighted by molar-refractivity contribution is 6.27. The molecule has 65 heavy (non-hydrogen) atoms. The normalized spacial score (nSPS) is 11.7. The second-order valence-electron chi connectivity index (χ2n) is 16.6. The van der Waals surface area contributed by atoms with E-state index in [4.69, 9.17) is 24.4 Å². The van der Waals surface area contributed by atoms with Crippen LogP contribution in [0.2, 0.25) is 0 Å². The zero-order valence-corrected chi connectivity index (χ0v) is 35.0. The van der Waals surface area contributed by atoms with E-state index < -0.39 is 0 Å². The molecular weight excluding hydrogens is 793 g/mol. The Balaban J connectivity index is 0.926. The molecular formula is C60H36N4O. The minimum Gasteiger partial charge on any atom is -0.456 e. The highest BCUT2D eigenvalue weighted by atomic mass is 16.3. The predicted octanol–water partition coefficient (Wildman–Crippen LogP) is 15.8. The summed E-state index contributed by atoms with van der Waals surface area (Å²) in [6.07, 6.45) is 0. The van der Waals surface area contributed by atoms with Crippen molar-refractivity contribution in [1.82, 2.24) is 19.9 Å². The third-order valence-corrected chi connectivity index (χ3v) is 12.7. The molecule has 10 aromatic carbocycles. The van der Waals surface area contributed by atoms with Gasteiger partial charge in [0.1, 0.15) is 11.2 Å². The molecule has 0 spiro atoms. The molecule has 0 aliphatic rings. The number of fused-ring (bicyclic) bond motifs is 8. The molecule has 0 bridgehead atoms. The van der Waals surface area contributed by atoms with Crippen molar-refractivity contribution in [3.05, 3.63) is 218 Å². The third kappa shape index (κ3) is 6.32. The average molecular weight is 829 g/mol. The molecule has 5 heteroatoms. The summed E-state index contributed by atoms with van der Waals surface area (Å²) in [7, 11) is 0. The second-order valence-corrected chi connectivity index (χ2v) is 16.6. The van der Waals surface area contributed by atoms with E-state index in [0.717, 1.165) is 105 Å². The Kier molecular flexibility index (Phi) is 8.46. The minimum absolute atomic E-state index is 0.622. The summed E-state index contributed by atoms with van der Waals surface area (Å²) in [5, 5.41) is 10.1. The van der Waals surface area contributed by atoms with Crippen LogP contribution in [-0.4, -0.2) is 19.9 Å². The number of hydrogen-bond acceptors (Lipinski definition) is 5. The van der Waals surface area contributed by atoms with E-state index >= 15 is 0 Å². The number of benzene rings is 10. The van der Waals surface area contributed by atoms with Crippen LogP contribution in [-0.2, 0) is 0 Å². The van der Waals surface area contributed by atoms with Crippen LogP contribution in [0.5, 0.6) is 0 Å². The van der Waals surface area contributed by atoms with E-state index in [1.54, 1.807) is 0 Å². The second kappa shape index (κ2) is 14.9. The van der Waals surface area contributed by atoms with Crippen molar-refractivity contribution in [2.75, 3.05) is 0 Å². The van der Waals surface area contributed by atoms with E-state index in [-0.39, 0.29) is 0 Å². The van der Waals surface area contributed by atoms with Crippen molar-refractivity contribution in [3.63, 3.8) is 0 Å². The fourth-order valence-electron chi connectivity index (χ4n) is 9.48. The fraction of sp³-hybridized carbons (Fsp3) is 0. The minimum atomic E-state index is 0.622. The molecule has 0 fully saturated rings. The van der Waals surface area contributed by atoms with Crippen LogP contribution in [0, 0.1) is 0 Å². The van der Waals surface area contributed by atoms with Crippen LogP contribution < -0.4 is 0 Å². The first-order valence-electron chi connectivity index (χ1n) is 21.9. The lowest BCUT2D eigenvalue weighted by molar-refractivity contribution is 0.669. The lowest BCUT2D eigenvalue weighted by Crippen LogP contribution is -2.00. The first kappa shape index (κ1) is 36.8. The van der Waals surface area contributed by atoms with Gasteiger partial charge >= 0.3 is 0 Å². The van der Waals surface area contributed by atoms with E-state index in [1.807, 2.05) is 12.1 Å². The number of nitrogens with zero attached hydrogens (tertiary/aromatic N) is 4. The van der Waals surface area contributed by atoms with E-state index in [0.29, 0.717) is 17.5 Å². The average Bonchev–Trinajstić information content (AvgIpc) is 3.76. The van der Waals surface area contributed by atoms with Crippen molar-refractivity contribution in [2.45, 2.75) is 0 Å². The van der Waals surface area contributed by atoms with E-state index in [1.165, 1.54) is 10.8 Å². The van der Waals surface area contributed by atoms with Gasteiger partial charge in [-0.2, -0.15) is 0 Å². The number of furan rings is 1. The molecule has 0 atom stereocenters. The summed E-state index contributed by atoms with van der Waals surface area (Å²) in [6.45, 7) is 0. The number of rotatable bonds is 6. The molecule has 13 aromatic rings. The fourth-order valence-corrected chi connectivity index (χ4v) is 9.48. The maximum atomic E-state index is 6.62. The first-order valence-corrected chi connectivity index (χ1v) is 21.9. The van der Waals surface area contributed by atoms with Crippen LogP contribution in [0.3, 0.4) is 0 Å². The topological polar surface area (TPSA) is 64.7 Å². The Morgan fingerprint density at radius 3 is 1.42 bits per heavy atom. The van der Waals surface area contributed by atoms with E-state index in [9.17, 15) is 0 Å². The lowest BCUT2D eigenvalue weighted by Gasteiger charge is -2.16. The summed E-state index contributed by atoms with van der Waals surface area (Å²) in [5.74, 6) is 1.89. The zero-order valence-electron chi connectivity index (χ0n) is 35.0. The highest BCUT2D eigenvalue weighted by Gasteiger charge is 2.22. The molecule has 3 aromatic heterocycles. The Morgan fingerprint density at radius 2 is 0.769 bits per heavy atom. The van der Waals surface area contributed by atoms with Gasteiger partial charge in [0, 0.05) is 54.7 Å². The van der Waals surface area contributed by atoms with Crippen LogP contribution >= 0.6 is 0 Å². The lowest BCUT2D eigenvalue weighted by atomic mass is 9.89. The Labute approximate surface area is 374 Å². The van der Waals surface area contributed by atoms with Gasteiger partial charge in [0.05, 0.1) is 11.2 Å². The predicted molar refractivity (Wildman–Crippen MR) is 268 cm³/mol. The largest absolute Gasteiger partial charge is 0.456 e. The number of aromatic nitrogens is 4. The smallest absolute Gasteiger partial charge is 0.164 e. The highest BCUT2D eigenvalue weighted by Crippen LogP contribution is 2.46. The van der Waals surface area contributed by atoms with Gasteiger partial charge in [-0.15, -0.1) is 0 Å². The monoisotopic (exact) mass is 828 g/mol. The first-order chi connectivity index (χ1) is 32.2. The van der Waals surface area contributed by atoms with Gasteiger partial charge in [-0.3, -0.25) is 0 Å². The van der Waals surface area contributed by atoms with Crippen LogP contribution in [0.1, 0.15) is 0 Å². The van der Waals surface area contributed by atoms with Gasteiger partial charge in [-0.1, -0.05) is 188 Å². The molecule has 0 aliphatic heterocycles. The molecule has 5 nitrogen and oxygen atoms in total. The van der Waals surface area contributed by atoms with Crippen LogP contribution in [0.25, 0.3) is 133 Å². The quantitative estimate of drug-likeness (QED) is 0.156. The molecule has 302 valence electrons. The maximum Gasteiger partial charge on any atom is 0.164 e. The summed E-state index contributed by atoms with van der Waals surface area (Å²) in [5.41, 5.74) is 11.9. The standard InChI is InChI=1S/C60H36N4O/c1-2-14-42(15-3-1)57-50-36-53-56(49-19-9-11-21-52(49)65-53)54(55(50)48-18-8-10-20-51(48)61-57)41-28-22-39(23-29-41)40-24-30-43(31-25-40)58-62-59(46-32-26-37-12-4-6-16-44(37)34-46)64-60(63-58)47-33-27-38-13-5-7-17-45(38)35-47/h1-36H. The molecule has 0 unspecified atom stereocenters. The molecule has 0 amide bonds. The van der Waals surface area contributed by atoms with Gasteiger partial charge in [-0.25, -0.2) is 19.9 Å². The van der Waals surface area contributed by atoms with Gasteiger partial charge in [0.2, 0.25) is 0 Å². The molecule has 0 aliphatic carbocycles. The molecule has 13 rings (SSSR count). The molecule has 0 radical (unpaired) electrons. The molecule has 0 saturated carbocycles. The Morgan fingerprint density at radius 1 is 0.277 bits per heavy atom. The Hall–Kier alpha value is -8.80. The zero-order chi connectivity index (χ0) is 42.8. The summed E-state index contributed by atoms with van der Waals surface area (Å²) >= 11 is 0. The molecule has 0 N–H and O–H groups in total. The van der Waals surface area contributed by atoms with E-state index in [2.05, 4.69) is 206 Å². The third-order valence-electron chi connectivity index (χ3n) is 12.7. The Bertz CT molecular complexity index is 3890. The number of hydrogen-bond donors (Lipinski definition) is 0. The van der Waals surface area contributed by atoms with Crippen molar-refractivity contribution < 1.29 is 4.42 Å². The summed E-state index contributed by atoms with van der Waals surface area (Å²) in [4.78, 5) is 20.5. The summed E-state index contributed by atoms with van der Waals surface area (Å²) < 4.78 is 6.62. The number of pyridine rings is 1. The molecule has 0 saturated heterocycles. The van der Waals surface area contributed by atoms with Crippen LogP contribution in [0.4, 0.5) is 0 Å². The van der Waals surface area contributed by atoms with Crippen molar-refractivity contribution in [1.29, 1.82) is 0 Å². The van der Waals surface area contributed by atoms with Gasteiger partial charge in [-0.05, 0) is 68.6 Å². The van der Waals surface area contributed by atoms with Crippen molar-refractivity contribution in [3.8, 4) is 67.7 Å². The summed E-state index contributed by atoms with van der Waals surface area (Å²) in [6, 6.07) is 76.4. The van der Waals surface area contributed by atoms with Crippen molar-refractivity contribution >= 4 is 65.2 Å². The van der Waals surface area contributed by atoms with Gasteiger partial charge < -0.3 is 4.42 Å². The van der Waals surface area contributed by atoms with Crippen LogP contribution in [0.15, 0.2) is 223 Å².